The Hall–Kier alpha value is -6.39. The van der Waals surface area contributed by atoms with Gasteiger partial charge in [0.15, 0.2) is 34.9 Å². The molecule has 0 aliphatic carbocycles. The molecule has 2 heterocycles. The molecule has 0 atom stereocenters. The monoisotopic (exact) mass is 565 g/mol. The number of nitrogens with zero attached hydrogens (tertiary/aromatic N) is 7. The van der Waals surface area contributed by atoms with E-state index in [1.165, 1.54) is 0 Å². The summed E-state index contributed by atoms with van der Waals surface area (Å²) < 4.78 is 0. The summed E-state index contributed by atoms with van der Waals surface area (Å²) in [7, 11) is 0. The van der Waals surface area contributed by atoms with Crippen LogP contribution < -0.4 is 0 Å². The van der Waals surface area contributed by atoms with Crippen molar-refractivity contribution in [3.63, 3.8) is 0 Å². The summed E-state index contributed by atoms with van der Waals surface area (Å²) in [5, 5.41) is 10.6. The van der Waals surface area contributed by atoms with Gasteiger partial charge in [-0.1, -0.05) is 127 Å². The van der Waals surface area contributed by atoms with Crippen molar-refractivity contribution in [1.82, 2.24) is 29.9 Å². The molecule has 7 rings (SSSR count). The van der Waals surface area contributed by atoms with Crippen molar-refractivity contribution in [2.24, 2.45) is 0 Å². The molecule has 5 aromatic carbocycles. The SMILES string of the molecule is N#Cc1c(-c2nc(-c3ccccc3)nc(-c3ccccc3)n2)cccc1-c1nc(-c2ccccc2)nc(-c2ccccc2)n1. The molecule has 0 amide bonds. The molecule has 7 heteroatoms. The lowest BCUT2D eigenvalue weighted by Gasteiger charge is -2.12. The molecule has 44 heavy (non-hydrogen) atoms. The van der Waals surface area contributed by atoms with Crippen LogP contribution in [-0.2, 0) is 0 Å². The Bertz CT molecular complexity index is 1850. The Morgan fingerprint density at radius 2 is 0.591 bits per heavy atom. The minimum Gasteiger partial charge on any atom is -0.208 e. The van der Waals surface area contributed by atoms with Crippen LogP contribution in [0.4, 0.5) is 0 Å². The summed E-state index contributed by atoms with van der Waals surface area (Å²) in [6.45, 7) is 0. The molecule has 0 spiro atoms. The summed E-state index contributed by atoms with van der Waals surface area (Å²) in [5.74, 6) is 2.83. The van der Waals surface area contributed by atoms with Gasteiger partial charge in [0.25, 0.3) is 0 Å². The molecule has 7 nitrogen and oxygen atoms in total. The molecular formula is C37H23N7. The van der Waals surface area contributed by atoms with Gasteiger partial charge in [-0.3, -0.25) is 0 Å². The first-order chi connectivity index (χ1) is 21.8. The molecule has 0 aliphatic rings. The average molecular weight is 566 g/mol. The molecule has 0 fully saturated rings. The number of aromatic nitrogens is 6. The molecule has 0 radical (unpaired) electrons. The van der Waals surface area contributed by atoms with Crippen LogP contribution in [0.15, 0.2) is 140 Å². The van der Waals surface area contributed by atoms with Gasteiger partial charge in [-0.25, -0.2) is 29.9 Å². The van der Waals surface area contributed by atoms with Gasteiger partial charge < -0.3 is 0 Å². The van der Waals surface area contributed by atoms with Crippen molar-refractivity contribution in [3.8, 4) is 74.4 Å². The number of benzene rings is 5. The number of nitriles is 1. The number of hydrogen-bond acceptors (Lipinski definition) is 7. The smallest absolute Gasteiger partial charge is 0.165 e. The van der Waals surface area contributed by atoms with E-state index in [1.54, 1.807) is 0 Å². The molecule has 0 unspecified atom stereocenters. The predicted octanol–water partition coefficient (Wildman–Crippen LogP) is 7.93. The second-order valence-corrected chi connectivity index (χ2v) is 9.92. The summed E-state index contributed by atoms with van der Waals surface area (Å²) in [5.41, 5.74) is 4.87. The third kappa shape index (κ3) is 5.31. The second kappa shape index (κ2) is 11.8. The standard InChI is InChI=1S/C37H23N7/c38-24-31-29(36-41-32(25-14-5-1-6-15-25)39-33(42-36)26-16-7-2-8-17-26)22-13-23-30(31)37-43-34(27-18-9-3-10-19-27)40-35(44-37)28-20-11-4-12-21-28/h1-23H. The predicted molar refractivity (Wildman–Crippen MR) is 171 cm³/mol. The lowest BCUT2D eigenvalue weighted by Crippen LogP contribution is -2.04. The topological polar surface area (TPSA) is 101 Å². The maximum atomic E-state index is 10.6. The molecule has 0 N–H and O–H groups in total. The van der Waals surface area contributed by atoms with E-state index in [4.69, 9.17) is 29.9 Å². The van der Waals surface area contributed by atoms with Gasteiger partial charge in [-0.2, -0.15) is 5.26 Å². The van der Waals surface area contributed by atoms with Gasteiger partial charge in [0.05, 0.1) is 5.56 Å². The summed E-state index contributed by atoms with van der Waals surface area (Å²) in [6.07, 6.45) is 0. The van der Waals surface area contributed by atoms with Gasteiger partial charge in [0.2, 0.25) is 0 Å². The summed E-state index contributed by atoms with van der Waals surface area (Å²) in [4.78, 5) is 29.0. The van der Waals surface area contributed by atoms with Gasteiger partial charge in [0.1, 0.15) is 6.07 Å². The first-order valence-corrected chi connectivity index (χ1v) is 14.0. The number of rotatable bonds is 6. The normalized spacial score (nSPS) is 10.7. The third-order valence-corrected chi connectivity index (χ3v) is 7.06. The first kappa shape index (κ1) is 26.5. The maximum absolute atomic E-state index is 10.6. The van der Waals surface area contributed by atoms with Gasteiger partial charge in [-0.05, 0) is 12.1 Å². The van der Waals surface area contributed by atoms with Crippen LogP contribution >= 0.6 is 0 Å². The zero-order chi connectivity index (χ0) is 29.7. The Morgan fingerprint density at radius 1 is 0.318 bits per heavy atom. The fraction of sp³-hybridized carbons (Fsp3) is 0. The van der Waals surface area contributed by atoms with Crippen LogP contribution in [0.3, 0.4) is 0 Å². The highest BCUT2D eigenvalue weighted by Gasteiger charge is 2.20. The minimum absolute atomic E-state index is 0.362. The van der Waals surface area contributed by atoms with Crippen LogP contribution in [-0.4, -0.2) is 29.9 Å². The van der Waals surface area contributed by atoms with E-state index < -0.39 is 0 Å². The Morgan fingerprint density at radius 3 is 0.864 bits per heavy atom. The van der Waals surface area contributed by atoms with Crippen molar-refractivity contribution in [2.45, 2.75) is 0 Å². The van der Waals surface area contributed by atoms with E-state index in [-0.39, 0.29) is 0 Å². The van der Waals surface area contributed by atoms with E-state index in [2.05, 4.69) is 6.07 Å². The molecule has 0 saturated heterocycles. The van der Waals surface area contributed by atoms with Crippen LogP contribution in [0.25, 0.3) is 68.3 Å². The van der Waals surface area contributed by atoms with Gasteiger partial charge >= 0.3 is 0 Å². The molecular weight excluding hydrogens is 542 g/mol. The van der Waals surface area contributed by atoms with Crippen molar-refractivity contribution < 1.29 is 0 Å². The Labute approximate surface area is 254 Å². The maximum Gasteiger partial charge on any atom is 0.165 e. The Kier molecular flexibility index (Phi) is 7.13. The third-order valence-electron chi connectivity index (χ3n) is 7.06. The lowest BCUT2D eigenvalue weighted by atomic mass is 10.00. The average Bonchev–Trinajstić information content (AvgIpc) is 3.12. The fourth-order valence-corrected chi connectivity index (χ4v) is 4.90. The zero-order valence-electron chi connectivity index (χ0n) is 23.4. The van der Waals surface area contributed by atoms with Crippen molar-refractivity contribution >= 4 is 0 Å². The largest absolute Gasteiger partial charge is 0.208 e. The highest BCUT2D eigenvalue weighted by molar-refractivity contribution is 5.79. The van der Waals surface area contributed by atoms with Crippen LogP contribution in [0.5, 0.6) is 0 Å². The first-order valence-electron chi connectivity index (χ1n) is 14.0. The quantitative estimate of drug-likeness (QED) is 0.202. The second-order valence-electron chi connectivity index (χ2n) is 9.92. The van der Waals surface area contributed by atoms with E-state index in [0.717, 1.165) is 22.3 Å². The van der Waals surface area contributed by atoms with Gasteiger partial charge in [-0.15, -0.1) is 0 Å². The van der Waals surface area contributed by atoms with Crippen LogP contribution in [0, 0.1) is 11.3 Å². The molecule has 0 saturated carbocycles. The summed E-state index contributed by atoms with van der Waals surface area (Å²) in [6, 6.07) is 46.9. The van der Waals surface area contributed by atoms with Crippen molar-refractivity contribution in [3.05, 3.63) is 145 Å². The number of hydrogen-bond donors (Lipinski definition) is 0. The minimum atomic E-state index is 0.362. The molecule has 7 aromatic rings. The van der Waals surface area contributed by atoms with Crippen LogP contribution in [0.2, 0.25) is 0 Å². The lowest BCUT2D eigenvalue weighted by molar-refractivity contribution is 1.06. The molecule has 206 valence electrons. The molecule has 2 aromatic heterocycles. The molecule has 0 bridgehead atoms. The highest BCUT2D eigenvalue weighted by Crippen LogP contribution is 2.32. The molecule has 0 aliphatic heterocycles. The highest BCUT2D eigenvalue weighted by atomic mass is 15.0. The van der Waals surface area contributed by atoms with Crippen molar-refractivity contribution in [2.75, 3.05) is 0 Å². The van der Waals surface area contributed by atoms with E-state index in [0.29, 0.717) is 51.6 Å². The van der Waals surface area contributed by atoms with Gasteiger partial charge in [0, 0.05) is 33.4 Å². The van der Waals surface area contributed by atoms with Crippen molar-refractivity contribution in [1.29, 1.82) is 5.26 Å². The fourth-order valence-electron chi connectivity index (χ4n) is 4.90. The van der Waals surface area contributed by atoms with E-state index in [9.17, 15) is 5.26 Å². The Balaban J connectivity index is 1.43. The summed E-state index contributed by atoms with van der Waals surface area (Å²) >= 11 is 0. The van der Waals surface area contributed by atoms with Crippen LogP contribution in [0.1, 0.15) is 5.56 Å². The zero-order valence-corrected chi connectivity index (χ0v) is 23.4. The van der Waals surface area contributed by atoms with E-state index in [1.807, 2.05) is 140 Å². The van der Waals surface area contributed by atoms with E-state index >= 15 is 0 Å².